The van der Waals surface area contributed by atoms with Crippen molar-refractivity contribution in [3.8, 4) is 0 Å². The van der Waals surface area contributed by atoms with Gasteiger partial charge in [0.25, 0.3) is 12.3 Å². The lowest BCUT2D eigenvalue weighted by molar-refractivity contribution is -0.150. The summed E-state index contributed by atoms with van der Waals surface area (Å²) in [5.41, 5.74) is -2.28. The SMILES string of the molecule is CCC(=O)OC1CCC(n2cc3cc(NC(=O)c4cccc(C(F)(F)F)n4)c(C(F)F)cc3n2)CC1. The lowest BCUT2D eigenvalue weighted by atomic mass is 9.93. The smallest absolute Gasteiger partial charge is 0.433 e. The zero-order valence-electron chi connectivity index (χ0n) is 19.2. The highest BCUT2D eigenvalue weighted by molar-refractivity contribution is 6.04. The molecule has 1 saturated carbocycles. The van der Waals surface area contributed by atoms with Crippen LogP contribution in [0.1, 0.15) is 73.2 Å². The number of alkyl halides is 5. The molecule has 36 heavy (non-hydrogen) atoms. The molecule has 192 valence electrons. The van der Waals surface area contributed by atoms with Gasteiger partial charge in [0.05, 0.1) is 17.2 Å². The van der Waals surface area contributed by atoms with Crippen LogP contribution < -0.4 is 5.32 Å². The molecule has 0 unspecified atom stereocenters. The fraction of sp³-hybridized carbons (Fsp3) is 0.417. The maximum Gasteiger partial charge on any atom is 0.433 e. The first-order valence-corrected chi connectivity index (χ1v) is 11.4. The molecule has 1 fully saturated rings. The van der Waals surface area contributed by atoms with Crippen LogP contribution in [0, 0.1) is 0 Å². The van der Waals surface area contributed by atoms with E-state index in [-0.39, 0.29) is 23.8 Å². The van der Waals surface area contributed by atoms with Gasteiger partial charge in [-0.05, 0) is 49.9 Å². The number of amides is 1. The molecule has 1 aliphatic rings. The van der Waals surface area contributed by atoms with E-state index in [0.29, 0.717) is 49.1 Å². The molecular formula is C24H23F5N4O3. The Kier molecular flexibility index (Phi) is 7.23. The molecule has 3 aromatic rings. The number of pyridine rings is 1. The van der Waals surface area contributed by atoms with Crippen molar-refractivity contribution < 1.29 is 36.3 Å². The summed E-state index contributed by atoms with van der Waals surface area (Å²) in [7, 11) is 0. The molecule has 12 heteroatoms. The highest BCUT2D eigenvalue weighted by atomic mass is 19.4. The number of fused-ring (bicyclic) bond motifs is 1. The average molecular weight is 510 g/mol. The number of anilines is 1. The Bertz CT molecular complexity index is 1270. The third-order valence-electron chi connectivity index (χ3n) is 6.05. The number of aromatic nitrogens is 3. The van der Waals surface area contributed by atoms with Gasteiger partial charge >= 0.3 is 12.1 Å². The second-order valence-electron chi connectivity index (χ2n) is 8.54. The van der Waals surface area contributed by atoms with Crippen molar-refractivity contribution >= 4 is 28.5 Å². The van der Waals surface area contributed by atoms with E-state index in [4.69, 9.17) is 4.74 Å². The van der Waals surface area contributed by atoms with Crippen molar-refractivity contribution in [1.82, 2.24) is 14.8 Å². The number of carbonyl (C=O) groups excluding carboxylic acids is 2. The zero-order valence-corrected chi connectivity index (χ0v) is 19.2. The summed E-state index contributed by atoms with van der Waals surface area (Å²) in [6.45, 7) is 1.73. The van der Waals surface area contributed by atoms with Gasteiger partial charge in [0.2, 0.25) is 0 Å². The molecule has 2 aromatic heterocycles. The summed E-state index contributed by atoms with van der Waals surface area (Å²) in [4.78, 5) is 27.4. The molecule has 7 nitrogen and oxygen atoms in total. The number of nitrogens with one attached hydrogen (secondary N) is 1. The van der Waals surface area contributed by atoms with Crippen molar-refractivity contribution in [2.24, 2.45) is 0 Å². The Balaban J connectivity index is 1.55. The van der Waals surface area contributed by atoms with Crippen LogP contribution in [0.3, 0.4) is 0 Å². The number of carbonyl (C=O) groups is 2. The van der Waals surface area contributed by atoms with Crippen LogP contribution in [0.2, 0.25) is 0 Å². The van der Waals surface area contributed by atoms with Crippen LogP contribution in [0.4, 0.5) is 27.6 Å². The molecule has 0 aliphatic heterocycles. The van der Waals surface area contributed by atoms with Crippen molar-refractivity contribution in [3.05, 3.63) is 53.5 Å². The fourth-order valence-corrected chi connectivity index (χ4v) is 4.19. The van der Waals surface area contributed by atoms with Gasteiger partial charge in [0.15, 0.2) is 0 Å². The number of benzene rings is 1. The minimum absolute atomic E-state index is 0.0173. The first kappa shape index (κ1) is 25.5. The Morgan fingerprint density at radius 2 is 1.89 bits per heavy atom. The summed E-state index contributed by atoms with van der Waals surface area (Å²) >= 11 is 0. The maximum absolute atomic E-state index is 13.8. The Morgan fingerprint density at radius 3 is 2.53 bits per heavy atom. The number of ether oxygens (including phenoxy) is 1. The molecule has 0 atom stereocenters. The molecule has 0 saturated heterocycles. The van der Waals surface area contributed by atoms with Gasteiger partial charge in [-0.2, -0.15) is 18.3 Å². The number of hydrogen-bond donors (Lipinski definition) is 1. The molecule has 0 spiro atoms. The minimum Gasteiger partial charge on any atom is -0.462 e. The van der Waals surface area contributed by atoms with Gasteiger partial charge in [0, 0.05) is 23.6 Å². The number of rotatable bonds is 6. The van der Waals surface area contributed by atoms with Crippen LogP contribution in [0.25, 0.3) is 10.9 Å². The van der Waals surface area contributed by atoms with E-state index in [0.717, 1.165) is 18.2 Å². The Morgan fingerprint density at radius 1 is 1.17 bits per heavy atom. The zero-order chi connectivity index (χ0) is 26.0. The first-order valence-electron chi connectivity index (χ1n) is 11.4. The van der Waals surface area contributed by atoms with Crippen LogP contribution in [0.5, 0.6) is 0 Å². The van der Waals surface area contributed by atoms with E-state index < -0.39 is 35.5 Å². The Labute approximate surface area is 202 Å². The number of hydrogen-bond acceptors (Lipinski definition) is 5. The molecule has 1 aliphatic carbocycles. The van der Waals surface area contributed by atoms with E-state index in [1.165, 1.54) is 6.07 Å². The highest BCUT2D eigenvalue weighted by Gasteiger charge is 2.33. The quantitative estimate of drug-likeness (QED) is 0.321. The van der Waals surface area contributed by atoms with E-state index in [1.54, 1.807) is 17.8 Å². The third kappa shape index (κ3) is 5.63. The molecule has 1 N–H and O–H groups in total. The van der Waals surface area contributed by atoms with E-state index >= 15 is 0 Å². The summed E-state index contributed by atoms with van der Waals surface area (Å²) in [6, 6.07) is 5.25. The monoisotopic (exact) mass is 510 g/mol. The van der Waals surface area contributed by atoms with Crippen LogP contribution >= 0.6 is 0 Å². The molecular weight excluding hydrogens is 487 g/mol. The minimum atomic E-state index is -4.76. The van der Waals surface area contributed by atoms with Crippen molar-refractivity contribution in [1.29, 1.82) is 0 Å². The van der Waals surface area contributed by atoms with Crippen molar-refractivity contribution in [3.63, 3.8) is 0 Å². The topological polar surface area (TPSA) is 86.1 Å². The van der Waals surface area contributed by atoms with Gasteiger partial charge in [-0.25, -0.2) is 13.8 Å². The van der Waals surface area contributed by atoms with Gasteiger partial charge in [-0.3, -0.25) is 14.3 Å². The van der Waals surface area contributed by atoms with E-state index in [1.807, 2.05) is 0 Å². The molecule has 1 aromatic carbocycles. The van der Waals surface area contributed by atoms with Gasteiger partial charge < -0.3 is 10.1 Å². The normalized spacial score (nSPS) is 18.4. The average Bonchev–Trinajstić information content (AvgIpc) is 3.26. The second-order valence-corrected chi connectivity index (χ2v) is 8.54. The highest BCUT2D eigenvalue weighted by Crippen LogP contribution is 2.35. The summed E-state index contributed by atoms with van der Waals surface area (Å²) < 4.78 is 73.4. The van der Waals surface area contributed by atoms with Crippen LogP contribution in [0.15, 0.2) is 36.5 Å². The second kappa shape index (κ2) is 10.2. The molecule has 2 heterocycles. The van der Waals surface area contributed by atoms with E-state index in [9.17, 15) is 31.5 Å². The predicted molar refractivity (Wildman–Crippen MR) is 120 cm³/mol. The molecule has 4 rings (SSSR count). The van der Waals surface area contributed by atoms with Crippen molar-refractivity contribution in [2.45, 2.75) is 63.8 Å². The summed E-state index contributed by atoms with van der Waals surface area (Å²) in [6.07, 6.45) is -3.23. The standard InChI is InChI=1S/C24H23F5N4O3/c1-2-21(34)36-15-8-6-14(7-9-15)33-12-13-10-19(16(22(25)26)11-18(13)32-33)31-23(35)17-4-3-5-20(30-17)24(27,28)29/h3-5,10-12,14-15,22H,2,6-9H2,1H3,(H,31,35). The Hall–Kier alpha value is -3.57. The molecule has 0 bridgehead atoms. The summed E-state index contributed by atoms with van der Waals surface area (Å²) in [5, 5.41) is 7.17. The first-order chi connectivity index (χ1) is 17.0. The third-order valence-corrected chi connectivity index (χ3v) is 6.05. The number of halogens is 5. The largest absolute Gasteiger partial charge is 0.462 e. The number of nitrogens with zero attached hydrogens (tertiary/aromatic N) is 3. The number of esters is 1. The van der Waals surface area contributed by atoms with Crippen molar-refractivity contribution in [2.75, 3.05) is 5.32 Å². The van der Waals surface area contributed by atoms with Crippen LogP contribution in [-0.4, -0.2) is 32.7 Å². The molecule has 0 radical (unpaired) electrons. The van der Waals surface area contributed by atoms with Crippen LogP contribution in [-0.2, 0) is 15.7 Å². The molecule has 1 amide bonds. The van der Waals surface area contributed by atoms with Gasteiger partial charge in [0.1, 0.15) is 17.5 Å². The lowest BCUT2D eigenvalue weighted by Gasteiger charge is -2.28. The fourth-order valence-electron chi connectivity index (χ4n) is 4.19. The maximum atomic E-state index is 13.8. The van der Waals surface area contributed by atoms with Gasteiger partial charge in [-0.1, -0.05) is 13.0 Å². The van der Waals surface area contributed by atoms with Gasteiger partial charge in [-0.15, -0.1) is 0 Å². The van der Waals surface area contributed by atoms with E-state index in [2.05, 4.69) is 15.4 Å². The summed E-state index contributed by atoms with van der Waals surface area (Å²) in [5.74, 6) is -1.30. The lowest BCUT2D eigenvalue weighted by Crippen LogP contribution is -2.25. The predicted octanol–water partition coefficient (Wildman–Crippen LogP) is 6.08.